The van der Waals surface area contributed by atoms with Crippen LogP contribution in [0, 0.1) is 0 Å². The first-order chi connectivity index (χ1) is 14.2. The van der Waals surface area contributed by atoms with Crippen LogP contribution < -0.4 is 15.4 Å². The van der Waals surface area contributed by atoms with Crippen LogP contribution in [0.1, 0.15) is 44.9 Å². The molecular formula is C24H34N2O4. The average Bonchev–Trinajstić information content (AvgIpc) is 2.70. The zero-order valence-corrected chi connectivity index (χ0v) is 18.5. The van der Waals surface area contributed by atoms with Crippen LogP contribution in [0.4, 0.5) is 4.79 Å². The van der Waals surface area contributed by atoms with E-state index in [2.05, 4.69) is 10.6 Å². The third-order valence-electron chi connectivity index (χ3n) is 4.69. The number of carbonyl (C=O) groups is 1. The van der Waals surface area contributed by atoms with Crippen LogP contribution in [-0.4, -0.2) is 42.6 Å². The molecule has 3 atom stereocenters. The van der Waals surface area contributed by atoms with Crippen LogP contribution in [0.25, 0.3) is 0 Å². The molecule has 1 amide bonds. The third-order valence-corrected chi connectivity index (χ3v) is 4.69. The number of benzene rings is 2. The van der Waals surface area contributed by atoms with Crippen LogP contribution in [0.15, 0.2) is 54.6 Å². The number of carbonyl (C=O) groups excluding carboxylic acids is 1. The molecule has 0 unspecified atom stereocenters. The molecule has 6 heteroatoms. The second-order valence-corrected chi connectivity index (χ2v) is 8.42. The number of hydrogen-bond donors (Lipinski definition) is 3. The van der Waals surface area contributed by atoms with Gasteiger partial charge in [0.15, 0.2) is 0 Å². The number of hydrogen-bond acceptors (Lipinski definition) is 5. The molecular weight excluding hydrogens is 380 g/mol. The van der Waals surface area contributed by atoms with Crippen molar-refractivity contribution in [3.63, 3.8) is 0 Å². The van der Waals surface area contributed by atoms with E-state index in [0.717, 1.165) is 16.9 Å². The van der Waals surface area contributed by atoms with E-state index in [1.54, 1.807) is 7.11 Å². The van der Waals surface area contributed by atoms with Crippen LogP contribution in [-0.2, 0) is 11.2 Å². The van der Waals surface area contributed by atoms with Crippen molar-refractivity contribution in [3.05, 3.63) is 65.7 Å². The predicted molar refractivity (Wildman–Crippen MR) is 119 cm³/mol. The topological polar surface area (TPSA) is 79.8 Å². The maximum atomic E-state index is 12.3. The summed E-state index contributed by atoms with van der Waals surface area (Å²) in [7, 11) is 1.64. The smallest absolute Gasteiger partial charge is 0.407 e. The van der Waals surface area contributed by atoms with Crippen LogP contribution >= 0.6 is 0 Å². The SMILES string of the molecule is COc1cccc([C@H](C)NC[C@@H](O)[C@H](Cc2ccccc2)NC(=O)OC(C)(C)C)c1. The summed E-state index contributed by atoms with van der Waals surface area (Å²) in [4.78, 5) is 12.3. The minimum Gasteiger partial charge on any atom is -0.497 e. The van der Waals surface area contributed by atoms with Gasteiger partial charge in [0, 0.05) is 12.6 Å². The molecule has 0 aliphatic heterocycles. The molecule has 2 rings (SSSR count). The lowest BCUT2D eigenvalue weighted by Crippen LogP contribution is -2.50. The number of alkyl carbamates (subject to hydrolysis) is 1. The van der Waals surface area contributed by atoms with Crippen molar-refractivity contribution < 1.29 is 19.4 Å². The third kappa shape index (κ3) is 8.05. The van der Waals surface area contributed by atoms with Crippen molar-refractivity contribution in [1.29, 1.82) is 0 Å². The molecule has 2 aromatic carbocycles. The van der Waals surface area contributed by atoms with E-state index >= 15 is 0 Å². The normalized spacial score (nSPS) is 14.5. The van der Waals surface area contributed by atoms with E-state index in [4.69, 9.17) is 9.47 Å². The highest BCUT2D eigenvalue weighted by Crippen LogP contribution is 2.19. The molecule has 0 heterocycles. The summed E-state index contributed by atoms with van der Waals surface area (Å²) in [6.07, 6.45) is -0.842. The fourth-order valence-electron chi connectivity index (χ4n) is 3.08. The molecule has 30 heavy (non-hydrogen) atoms. The van der Waals surface area contributed by atoms with Gasteiger partial charge < -0.3 is 25.2 Å². The monoisotopic (exact) mass is 414 g/mol. The first-order valence-corrected chi connectivity index (χ1v) is 10.3. The molecule has 0 radical (unpaired) electrons. The predicted octanol–water partition coefficient (Wildman–Crippen LogP) is 3.84. The Morgan fingerprint density at radius 2 is 1.80 bits per heavy atom. The van der Waals surface area contributed by atoms with Crippen molar-refractivity contribution in [2.24, 2.45) is 0 Å². The molecule has 3 N–H and O–H groups in total. The minimum absolute atomic E-state index is 0.00801. The number of nitrogens with one attached hydrogen (secondary N) is 2. The Morgan fingerprint density at radius 3 is 2.43 bits per heavy atom. The summed E-state index contributed by atoms with van der Waals surface area (Å²) in [6.45, 7) is 7.77. The molecule has 0 saturated heterocycles. The number of rotatable bonds is 9. The molecule has 0 aliphatic carbocycles. The molecule has 0 aromatic heterocycles. The second kappa shape index (κ2) is 11.0. The molecule has 0 aliphatic rings. The van der Waals surface area contributed by atoms with Crippen molar-refractivity contribution in [2.75, 3.05) is 13.7 Å². The van der Waals surface area contributed by atoms with E-state index in [0.29, 0.717) is 13.0 Å². The zero-order chi connectivity index (χ0) is 22.1. The van der Waals surface area contributed by atoms with Gasteiger partial charge in [-0.3, -0.25) is 0 Å². The lowest BCUT2D eigenvalue weighted by Gasteiger charge is -2.28. The average molecular weight is 415 g/mol. The Labute approximate surface area is 179 Å². The lowest BCUT2D eigenvalue weighted by atomic mass is 10.0. The number of aliphatic hydroxyl groups excluding tert-OH is 1. The van der Waals surface area contributed by atoms with Gasteiger partial charge >= 0.3 is 6.09 Å². The van der Waals surface area contributed by atoms with Crippen molar-refractivity contribution in [1.82, 2.24) is 10.6 Å². The van der Waals surface area contributed by atoms with Gasteiger partial charge in [-0.15, -0.1) is 0 Å². The Kier molecular flexibility index (Phi) is 8.69. The Hall–Kier alpha value is -2.57. The van der Waals surface area contributed by atoms with Gasteiger partial charge in [-0.1, -0.05) is 42.5 Å². The quantitative estimate of drug-likeness (QED) is 0.581. The van der Waals surface area contributed by atoms with Crippen LogP contribution in [0.2, 0.25) is 0 Å². The first-order valence-electron chi connectivity index (χ1n) is 10.3. The van der Waals surface area contributed by atoms with Crippen molar-refractivity contribution in [2.45, 2.75) is 57.9 Å². The van der Waals surface area contributed by atoms with Crippen molar-refractivity contribution in [3.8, 4) is 5.75 Å². The number of amides is 1. The highest BCUT2D eigenvalue weighted by molar-refractivity contribution is 5.68. The number of aliphatic hydroxyl groups is 1. The fraction of sp³-hybridized carbons (Fsp3) is 0.458. The summed E-state index contributed by atoms with van der Waals surface area (Å²) >= 11 is 0. The van der Waals surface area contributed by atoms with Gasteiger partial charge in [0.1, 0.15) is 11.4 Å². The number of ether oxygens (including phenoxy) is 2. The van der Waals surface area contributed by atoms with Gasteiger partial charge in [0.25, 0.3) is 0 Å². The summed E-state index contributed by atoms with van der Waals surface area (Å²) < 4.78 is 10.7. The highest BCUT2D eigenvalue weighted by Gasteiger charge is 2.25. The van der Waals surface area contributed by atoms with Crippen LogP contribution in [0.3, 0.4) is 0 Å². The lowest BCUT2D eigenvalue weighted by molar-refractivity contribution is 0.0420. The molecule has 2 aromatic rings. The van der Waals surface area contributed by atoms with Gasteiger partial charge in [-0.05, 0) is 57.4 Å². The Balaban J connectivity index is 2.03. The van der Waals surface area contributed by atoms with E-state index in [9.17, 15) is 9.90 Å². The van der Waals surface area contributed by atoms with E-state index in [1.165, 1.54) is 0 Å². The maximum absolute atomic E-state index is 12.3. The highest BCUT2D eigenvalue weighted by atomic mass is 16.6. The maximum Gasteiger partial charge on any atom is 0.407 e. The van der Waals surface area contributed by atoms with Gasteiger partial charge in [-0.25, -0.2) is 4.79 Å². The van der Waals surface area contributed by atoms with Gasteiger partial charge in [0.05, 0.1) is 19.3 Å². The zero-order valence-electron chi connectivity index (χ0n) is 18.5. The molecule has 164 valence electrons. The van der Waals surface area contributed by atoms with E-state index in [-0.39, 0.29) is 6.04 Å². The van der Waals surface area contributed by atoms with E-state index in [1.807, 2.05) is 82.3 Å². The van der Waals surface area contributed by atoms with E-state index < -0.39 is 23.8 Å². The number of methoxy groups -OCH3 is 1. The van der Waals surface area contributed by atoms with Gasteiger partial charge in [-0.2, -0.15) is 0 Å². The molecule has 0 fully saturated rings. The Bertz CT molecular complexity index is 789. The summed E-state index contributed by atoms with van der Waals surface area (Å²) in [5.74, 6) is 0.787. The molecule has 0 saturated carbocycles. The summed E-state index contributed by atoms with van der Waals surface area (Å²) in [5.41, 5.74) is 1.48. The summed E-state index contributed by atoms with van der Waals surface area (Å²) in [6, 6.07) is 17.1. The second-order valence-electron chi connectivity index (χ2n) is 8.42. The standard InChI is InChI=1S/C24H34N2O4/c1-17(19-12-9-13-20(15-19)29-5)25-16-22(27)21(14-18-10-7-6-8-11-18)26-23(28)30-24(2,3)4/h6-13,15,17,21-22,25,27H,14,16H2,1-5H3,(H,26,28)/t17-,21-,22+/m0/s1. The largest absolute Gasteiger partial charge is 0.497 e. The minimum atomic E-state index is -0.800. The van der Waals surface area contributed by atoms with Gasteiger partial charge in [0.2, 0.25) is 0 Å². The Morgan fingerprint density at radius 1 is 1.10 bits per heavy atom. The summed E-state index contributed by atoms with van der Waals surface area (Å²) in [5, 5.41) is 17.0. The van der Waals surface area contributed by atoms with Crippen LogP contribution in [0.5, 0.6) is 5.75 Å². The van der Waals surface area contributed by atoms with Crippen molar-refractivity contribution >= 4 is 6.09 Å². The molecule has 0 bridgehead atoms. The first kappa shape index (κ1) is 23.7. The fourth-order valence-corrected chi connectivity index (χ4v) is 3.08. The molecule has 0 spiro atoms. The molecule has 6 nitrogen and oxygen atoms in total.